The molecule has 0 aliphatic carbocycles. The summed E-state index contributed by atoms with van der Waals surface area (Å²) in [5.41, 5.74) is 17.9. The number of aryl methyl sites for hydroxylation is 2. The first-order chi connectivity index (χ1) is 45.1. The molecule has 13 rings (SSSR count). The summed E-state index contributed by atoms with van der Waals surface area (Å²) >= 11 is 1.73. The number of thiazole rings is 1. The van der Waals surface area contributed by atoms with Crippen molar-refractivity contribution in [3.8, 4) is 93.9 Å². The van der Waals surface area contributed by atoms with Crippen molar-refractivity contribution in [1.29, 1.82) is 0 Å². The normalized spacial score (nSPS) is 10.2. The van der Waals surface area contributed by atoms with Crippen LogP contribution in [0.4, 0.5) is 0 Å². The van der Waals surface area contributed by atoms with Crippen molar-refractivity contribution in [2.24, 2.45) is 0 Å². The number of benzene rings is 9. The number of allylic oxidation sites excluding steroid dienone is 2. The number of hydrogen-bond donors (Lipinski definition) is 1. The Morgan fingerprint density at radius 2 is 0.896 bits per heavy atom. The Labute approximate surface area is 622 Å². The number of methoxy groups -OCH3 is 1. The van der Waals surface area contributed by atoms with Crippen molar-refractivity contribution in [2.75, 3.05) is 7.11 Å². The van der Waals surface area contributed by atoms with Crippen LogP contribution in [0.3, 0.4) is 0 Å². The molecule has 4 aromatic heterocycles. The van der Waals surface area contributed by atoms with Crippen molar-refractivity contribution >= 4 is 27.9 Å². The van der Waals surface area contributed by atoms with Gasteiger partial charge in [0.05, 0.1) is 12.9 Å². The fraction of sp³-hybridized carbons (Fsp3) is 0.136. The van der Waals surface area contributed by atoms with Crippen molar-refractivity contribution in [2.45, 2.75) is 66.2 Å². The minimum atomic E-state index is -0.125. The zero-order valence-electron chi connectivity index (χ0n) is 53.7. The van der Waals surface area contributed by atoms with Crippen LogP contribution in [-0.2, 0) is 98.1 Å². The van der Waals surface area contributed by atoms with Gasteiger partial charge in [-0.15, -0.1) is 124 Å². The number of aliphatic hydroxyl groups excluding tert-OH is 1. The van der Waals surface area contributed by atoms with E-state index < -0.39 is 0 Å². The summed E-state index contributed by atoms with van der Waals surface area (Å²) in [6.45, 7) is 7.35. The number of nitrogens with zero attached hydrogens (tertiary/aromatic N) is 7. The van der Waals surface area contributed by atoms with Gasteiger partial charge in [0.1, 0.15) is 24.7 Å². The minimum Gasteiger partial charge on any atom is -0.512 e. The van der Waals surface area contributed by atoms with Gasteiger partial charge in [-0.2, -0.15) is 11.3 Å². The molecule has 9 aromatic carbocycles. The number of aromatic nitrogens is 7. The summed E-state index contributed by atoms with van der Waals surface area (Å²) in [7, 11) is 1.69. The number of fused-ring (bicyclic) bond motifs is 1. The molecule has 0 saturated heterocycles. The molecule has 0 saturated carbocycles. The third-order valence-electron chi connectivity index (χ3n) is 14.6. The first kappa shape index (κ1) is 78.4. The molecule has 15 heteroatoms. The number of aliphatic hydroxyl groups is 1. The van der Waals surface area contributed by atoms with E-state index in [-0.39, 0.29) is 92.0 Å². The van der Waals surface area contributed by atoms with Gasteiger partial charge in [0.25, 0.3) is 0 Å². The Hall–Kier alpha value is -8.28. The first-order valence-corrected chi connectivity index (χ1v) is 31.4. The summed E-state index contributed by atoms with van der Waals surface area (Å²) in [5, 5.41) is 11.9. The summed E-state index contributed by atoms with van der Waals surface area (Å²) in [4.78, 5) is 40.3. The van der Waals surface area contributed by atoms with E-state index in [1.54, 1.807) is 56.0 Å². The zero-order valence-corrected chi connectivity index (χ0v) is 64.1. The van der Waals surface area contributed by atoms with E-state index in [0.29, 0.717) is 0 Å². The van der Waals surface area contributed by atoms with E-state index in [0.717, 1.165) is 79.6 Å². The van der Waals surface area contributed by atoms with E-state index in [1.807, 2.05) is 109 Å². The molecule has 494 valence electrons. The van der Waals surface area contributed by atoms with E-state index in [2.05, 4.69) is 182 Å². The Morgan fingerprint density at radius 3 is 1.31 bits per heavy atom. The minimum absolute atomic E-state index is 0. The average molecular weight is 1990 g/mol. The van der Waals surface area contributed by atoms with Gasteiger partial charge in [-0.05, 0) is 78.0 Å². The third kappa shape index (κ3) is 24.1. The van der Waals surface area contributed by atoms with Crippen LogP contribution in [0.5, 0.6) is 5.75 Å². The predicted octanol–water partition coefficient (Wildman–Crippen LogP) is 20.0. The van der Waals surface area contributed by atoms with Gasteiger partial charge in [-0.1, -0.05) is 201 Å². The van der Waals surface area contributed by atoms with E-state index in [1.165, 1.54) is 94.6 Å². The summed E-state index contributed by atoms with van der Waals surface area (Å²) < 4.78 is 5.25. The molecular weight excluding hydrogens is 1920 g/mol. The molecule has 4 radical (unpaired) electrons. The van der Waals surface area contributed by atoms with Crippen LogP contribution in [0.15, 0.2) is 268 Å². The van der Waals surface area contributed by atoms with Crippen molar-refractivity contribution in [3.63, 3.8) is 0 Å². The predicted molar refractivity (Wildman–Crippen MR) is 375 cm³/mol. The molecule has 96 heavy (non-hydrogen) atoms. The van der Waals surface area contributed by atoms with Crippen molar-refractivity contribution in [1.82, 2.24) is 34.9 Å². The topological polar surface area (TPSA) is 137 Å². The molecule has 0 aliphatic rings. The van der Waals surface area contributed by atoms with Crippen LogP contribution < -0.4 is 4.74 Å². The Bertz CT molecular complexity index is 4130. The molecule has 0 unspecified atom stereocenters. The molecule has 13 aromatic rings. The number of rotatable bonds is 16. The van der Waals surface area contributed by atoms with Gasteiger partial charge in [0, 0.05) is 121 Å². The van der Waals surface area contributed by atoms with E-state index in [9.17, 15) is 4.79 Å². The molecule has 0 spiro atoms. The number of carbonyl (C=O) groups is 1. The fourth-order valence-electron chi connectivity index (χ4n) is 9.74. The molecular formula is C81H71Ir4N7O3S-4. The molecule has 1 N–H and O–H groups in total. The van der Waals surface area contributed by atoms with Crippen molar-refractivity contribution in [3.05, 3.63) is 303 Å². The van der Waals surface area contributed by atoms with E-state index in [4.69, 9.17) is 9.84 Å². The molecule has 0 fully saturated rings. The second-order valence-corrected chi connectivity index (χ2v) is 22.3. The fourth-order valence-corrected chi connectivity index (χ4v) is 10.6. The molecule has 10 nitrogen and oxygen atoms in total. The Kier molecular flexibility index (Phi) is 34.6. The Balaban J connectivity index is 0.000000223. The summed E-state index contributed by atoms with van der Waals surface area (Å²) in [6.07, 6.45) is 20.2. The average Bonchev–Trinajstić information content (AvgIpc) is 2.00. The molecule has 0 atom stereocenters. The standard InChI is InChI=1S/C24H28NOS.C20H13N2.2C16H11N2.C5H8O2.4Ir/c1-4-6-8-18-10-11-21(16-20(18)9-7-5-2)24-25-17-23(27-24)19-12-14-22(26-3)15-13-19;1-2-4-18-13-19(10-7-15(18)3-1)16-5-8-17(9-6-16)20-11-12-21-14-22-20;2*1-2-4-13(5-3-1)14-6-8-15(9-7-14)16-10-11-17-12-18-16;1-4(6)3-5(2)7;;;;/h10,12-17H,4-9H2,1-3H3;1-8,10-14H;2*1-8,10-12H;3,6H,1-2H3;;;;/q4*-1;;;;;. The van der Waals surface area contributed by atoms with Gasteiger partial charge in [0.15, 0.2) is 5.78 Å². The maximum absolute atomic E-state index is 10.0. The second-order valence-electron chi connectivity index (χ2n) is 21.3. The van der Waals surface area contributed by atoms with Crippen LogP contribution in [0.1, 0.15) is 64.5 Å². The molecule has 4 heterocycles. The Morgan fingerprint density at radius 1 is 0.458 bits per heavy atom. The summed E-state index contributed by atoms with van der Waals surface area (Å²) in [5.74, 6) is 0.813. The summed E-state index contributed by atoms with van der Waals surface area (Å²) in [6, 6.07) is 85.5. The largest absolute Gasteiger partial charge is 0.512 e. The number of ketones is 1. The first-order valence-electron chi connectivity index (χ1n) is 30.6. The number of carbonyl (C=O) groups excluding carboxylic acids is 1. The SMILES string of the molecule is CC(=O)C=C(C)O.CCCCc1c[c-]c(-c2ncc(-c3ccc(OC)cc3)s2)cc1CCCC.[Ir].[Ir].[Ir].[Ir].[c-]1cc(-c2ccc3ccccc3c2)ccc1-c1ccncn1.[c-]1cc(-c2ccccc2)ccc1-c1ccncn1.[c-]1cc(-c2ccccc2)ccc1-c1ccncn1. The molecule has 0 aliphatic heterocycles. The molecule has 0 amide bonds. The number of unbranched alkanes of at least 4 members (excludes halogenated alkanes) is 2. The third-order valence-corrected chi connectivity index (χ3v) is 15.6. The van der Waals surface area contributed by atoms with Crippen LogP contribution in [0.2, 0.25) is 0 Å². The van der Waals surface area contributed by atoms with Gasteiger partial charge in [-0.25, -0.2) is 15.0 Å². The van der Waals surface area contributed by atoms with Gasteiger partial charge >= 0.3 is 0 Å². The van der Waals surface area contributed by atoms with Crippen LogP contribution >= 0.6 is 11.3 Å². The van der Waals surface area contributed by atoms with Gasteiger partial charge < -0.3 is 9.84 Å². The van der Waals surface area contributed by atoms with Crippen molar-refractivity contribution < 1.29 is 95.1 Å². The smallest absolute Gasteiger partial charge is 0.155 e. The van der Waals surface area contributed by atoms with Crippen LogP contribution in [-0.4, -0.2) is 52.9 Å². The maximum Gasteiger partial charge on any atom is 0.155 e. The number of hydrogen-bond acceptors (Lipinski definition) is 11. The monoisotopic (exact) mass is 1990 g/mol. The van der Waals surface area contributed by atoms with Crippen LogP contribution in [0, 0.1) is 24.3 Å². The second kappa shape index (κ2) is 42.3. The van der Waals surface area contributed by atoms with Crippen LogP contribution in [0.25, 0.3) is 98.9 Å². The molecule has 0 bridgehead atoms. The number of ether oxygens (including phenoxy) is 1. The zero-order chi connectivity index (χ0) is 64.1. The van der Waals surface area contributed by atoms with Gasteiger partial charge in [0.2, 0.25) is 0 Å². The maximum atomic E-state index is 10.0. The van der Waals surface area contributed by atoms with Gasteiger partial charge in [-0.3, -0.25) is 24.7 Å². The van der Waals surface area contributed by atoms with E-state index >= 15 is 0 Å². The quantitative estimate of drug-likeness (QED) is 0.0565.